The molecule has 1 aliphatic rings. The molecule has 1 saturated heterocycles. The number of piperazine rings is 1. The van der Waals surface area contributed by atoms with Crippen molar-refractivity contribution in [3.8, 4) is 0 Å². The van der Waals surface area contributed by atoms with E-state index in [1.54, 1.807) is 12.1 Å². The van der Waals surface area contributed by atoms with Gasteiger partial charge in [0.15, 0.2) is 0 Å². The van der Waals surface area contributed by atoms with Crippen LogP contribution in [-0.4, -0.2) is 36.8 Å². The van der Waals surface area contributed by atoms with E-state index in [9.17, 15) is 4.39 Å². The standard InChI is InChI=1S/C18H31N3.C9H11F.2C2H6/c1-6-9-10-20-15(4)18(17(7-2)8-3)16(5)21-13-11-19-12-14-21;1-2-4-8-5-3-6-9(10)7-8;2*1-2/h7,9-10,19H,6,8,11-14H2,1-5H3;3,5-7H,2,4H2,1H3;2*1-2H3/b10-9+,17-7-,18-16-,20-15+;;;. The van der Waals surface area contributed by atoms with Crippen molar-refractivity contribution in [3.05, 3.63) is 70.8 Å². The lowest BCUT2D eigenvalue weighted by atomic mass is 9.96. The Morgan fingerprint density at radius 2 is 1.69 bits per heavy atom. The molecule has 0 aromatic heterocycles. The summed E-state index contributed by atoms with van der Waals surface area (Å²) in [4.78, 5) is 7.12. The molecule has 0 bridgehead atoms. The molecular weight excluding hydrogens is 433 g/mol. The first-order valence-corrected chi connectivity index (χ1v) is 13.7. The van der Waals surface area contributed by atoms with E-state index in [1.165, 1.54) is 22.9 Å². The number of halogens is 1. The maximum absolute atomic E-state index is 12.5. The van der Waals surface area contributed by atoms with Gasteiger partial charge in [0.05, 0.1) is 0 Å². The van der Waals surface area contributed by atoms with Gasteiger partial charge in [0.2, 0.25) is 0 Å². The molecule has 4 heteroatoms. The van der Waals surface area contributed by atoms with Gasteiger partial charge in [-0.2, -0.15) is 0 Å². The molecule has 1 aliphatic heterocycles. The molecule has 0 spiro atoms. The SMILES string of the molecule is CC.CC.CCCc1cccc(F)c1.C\C=C(CC)/C(C(/C)=N/C=C/CC)=C(/C)N1CCNCC1. The first-order chi connectivity index (χ1) is 17.0. The van der Waals surface area contributed by atoms with Crippen LogP contribution in [0.15, 0.2) is 64.5 Å². The average molecular weight is 488 g/mol. The van der Waals surface area contributed by atoms with Crippen molar-refractivity contribution in [2.45, 2.75) is 94.9 Å². The number of benzene rings is 1. The number of hydrogen-bond acceptors (Lipinski definition) is 3. The highest BCUT2D eigenvalue weighted by molar-refractivity contribution is 6.03. The molecule has 1 aromatic rings. The summed E-state index contributed by atoms with van der Waals surface area (Å²) in [5.41, 5.74) is 6.27. The fourth-order valence-corrected chi connectivity index (χ4v) is 3.73. The third-order valence-corrected chi connectivity index (χ3v) is 5.40. The van der Waals surface area contributed by atoms with Crippen LogP contribution in [0.25, 0.3) is 0 Å². The molecule has 200 valence electrons. The molecule has 0 saturated carbocycles. The van der Waals surface area contributed by atoms with Gasteiger partial charge in [0.25, 0.3) is 0 Å². The van der Waals surface area contributed by atoms with Gasteiger partial charge in [-0.3, -0.25) is 4.99 Å². The van der Waals surface area contributed by atoms with E-state index in [0.717, 1.165) is 63.1 Å². The van der Waals surface area contributed by atoms with Crippen LogP contribution in [0.5, 0.6) is 0 Å². The quantitative estimate of drug-likeness (QED) is 0.293. The summed E-state index contributed by atoms with van der Waals surface area (Å²) in [6.07, 6.45) is 10.4. The lowest BCUT2D eigenvalue weighted by molar-refractivity contribution is 0.298. The molecule has 35 heavy (non-hydrogen) atoms. The Balaban J connectivity index is 0. The van der Waals surface area contributed by atoms with Crippen molar-refractivity contribution in [1.82, 2.24) is 10.2 Å². The Kier molecular flexibility index (Phi) is 23.5. The van der Waals surface area contributed by atoms with Crippen LogP contribution < -0.4 is 5.32 Å². The van der Waals surface area contributed by atoms with Crippen LogP contribution >= 0.6 is 0 Å². The largest absolute Gasteiger partial charge is 0.372 e. The molecule has 0 aliphatic carbocycles. The van der Waals surface area contributed by atoms with Gasteiger partial charge in [-0.1, -0.05) is 79.2 Å². The van der Waals surface area contributed by atoms with Crippen molar-refractivity contribution in [1.29, 1.82) is 0 Å². The third kappa shape index (κ3) is 14.7. The second kappa shape index (κ2) is 23.5. The Hall–Kier alpha value is -2.20. The smallest absolute Gasteiger partial charge is 0.123 e. The van der Waals surface area contributed by atoms with Crippen LogP contribution in [0.1, 0.15) is 94.1 Å². The lowest BCUT2D eigenvalue weighted by Gasteiger charge is -2.32. The highest BCUT2D eigenvalue weighted by Crippen LogP contribution is 2.23. The van der Waals surface area contributed by atoms with Gasteiger partial charge in [0, 0.05) is 49.4 Å². The monoisotopic (exact) mass is 487 g/mol. The summed E-state index contributed by atoms with van der Waals surface area (Å²) in [7, 11) is 0. The van der Waals surface area contributed by atoms with Crippen molar-refractivity contribution in [2.24, 2.45) is 4.99 Å². The van der Waals surface area contributed by atoms with Gasteiger partial charge in [-0.25, -0.2) is 4.39 Å². The zero-order chi connectivity index (χ0) is 27.1. The van der Waals surface area contributed by atoms with Gasteiger partial charge < -0.3 is 10.2 Å². The number of nitrogens with one attached hydrogen (secondary N) is 1. The van der Waals surface area contributed by atoms with Gasteiger partial charge in [-0.15, -0.1) is 0 Å². The van der Waals surface area contributed by atoms with E-state index in [1.807, 2.05) is 40.0 Å². The molecule has 0 atom stereocenters. The molecule has 0 radical (unpaired) electrons. The van der Waals surface area contributed by atoms with Crippen LogP contribution in [0.3, 0.4) is 0 Å². The fourth-order valence-electron chi connectivity index (χ4n) is 3.73. The molecule has 2 rings (SSSR count). The van der Waals surface area contributed by atoms with Crippen LogP contribution in [0.2, 0.25) is 0 Å². The fraction of sp³-hybridized carbons (Fsp3) is 0.581. The molecule has 1 fully saturated rings. The van der Waals surface area contributed by atoms with E-state index in [2.05, 4.69) is 68.9 Å². The number of aliphatic imine (C=N–C) groups is 1. The van der Waals surface area contributed by atoms with Crippen LogP contribution in [0, 0.1) is 5.82 Å². The Morgan fingerprint density at radius 1 is 1.06 bits per heavy atom. The minimum absolute atomic E-state index is 0.133. The number of allylic oxidation sites excluding steroid dienone is 5. The second-order valence-corrected chi connectivity index (χ2v) is 7.75. The zero-order valence-corrected chi connectivity index (χ0v) is 24.5. The summed E-state index contributed by atoms with van der Waals surface area (Å²) in [6.45, 7) is 25.2. The topological polar surface area (TPSA) is 27.6 Å². The first kappa shape index (κ1) is 35.0. The van der Waals surface area contributed by atoms with E-state index >= 15 is 0 Å². The van der Waals surface area contributed by atoms with Crippen LogP contribution in [0.4, 0.5) is 4.39 Å². The Morgan fingerprint density at radius 3 is 2.17 bits per heavy atom. The minimum atomic E-state index is -0.133. The molecular formula is C31H54FN3. The molecule has 1 heterocycles. The second-order valence-electron chi connectivity index (χ2n) is 7.75. The van der Waals surface area contributed by atoms with Gasteiger partial charge in [0.1, 0.15) is 5.82 Å². The average Bonchev–Trinajstić information content (AvgIpc) is 2.90. The summed E-state index contributed by atoms with van der Waals surface area (Å²) in [5.74, 6) is -0.133. The maximum atomic E-state index is 12.5. The van der Waals surface area contributed by atoms with Gasteiger partial charge in [-0.05, 0) is 63.3 Å². The first-order valence-electron chi connectivity index (χ1n) is 13.7. The summed E-state index contributed by atoms with van der Waals surface area (Å²) >= 11 is 0. The number of aryl methyl sites for hydroxylation is 1. The summed E-state index contributed by atoms with van der Waals surface area (Å²) in [6, 6.07) is 6.76. The van der Waals surface area contributed by atoms with Crippen molar-refractivity contribution >= 4 is 5.71 Å². The van der Waals surface area contributed by atoms with Crippen molar-refractivity contribution in [3.63, 3.8) is 0 Å². The summed E-state index contributed by atoms with van der Waals surface area (Å²) in [5, 5.41) is 3.42. The Labute approximate surface area is 217 Å². The normalized spacial score (nSPS) is 14.7. The predicted octanol–water partition coefficient (Wildman–Crippen LogP) is 8.74. The van der Waals surface area contributed by atoms with Gasteiger partial charge >= 0.3 is 0 Å². The highest BCUT2D eigenvalue weighted by atomic mass is 19.1. The molecule has 1 aromatic carbocycles. The van der Waals surface area contributed by atoms with E-state index in [-0.39, 0.29) is 5.82 Å². The van der Waals surface area contributed by atoms with E-state index in [4.69, 9.17) is 0 Å². The molecule has 0 amide bonds. The maximum Gasteiger partial charge on any atom is 0.123 e. The number of rotatable bonds is 8. The molecule has 0 unspecified atom stereocenters. The molecule has 1 N–H and O–H groups in total. The molecule has 3 nitrogen and oxygen atoms in total. The number of nitrogens with zero attached hydrogens (tertiary/aromatic N) is 2. The van der Waals surface area contributed by atoms with Crippen molar-refractivity contribution < 1.29 is 4.39 Å². The summed E-state index contributed by atoms with van der Waals surface area (Å²) < 4.78 is 12.5. The lowest BCUT2D eigenvalue weighted by Crippen LogP contribution is -2.43. The minimum Gasteiger partial charge on any atom is -0.372 e. The van der Waals surface area contributed by atoms with E-state index < -0.39 is 0 Å². The van der Waals surface area contributed by atoms with Crippen molar-refractivity contribution in [2.75, 3.05) is 26.2 Å². The third-order valence-electron chi connectivity index (χ3n) is 5.40. The van der Waals surface area contributed by atoms with E-state index in [0.29, 0.717) is 0 Å². The Bertz CT molecular complexity index is 769. The zero-order valence-electron chi connectivity index (χ0n) is 24.5. The highest BCUT2D eigenvalue weighted by Gasteiger charge is 2.17. The number of hydrogen-bond donors (Lipinski definition) is 1. The predicted molar refractivity (Wildman–Crippen MR) is 157 cm³/mol. The van der Waals surface area contributed by atoms with Crippen LogP contribution in [-0.2, 0) is 6.42 Å².